The van der Waals surface area contributed by atoms with Crippen molar-refractivity contribution < 1.29 is 14.1 Å². The Morgan fingerprint density at radius 3 is 2.80 bits per heavy atom. The van der Waals surface area contributed by atoms with Gasteiger partial charge in [0.05, 0.1) is 12.0 Å². The predicted octanol–water partition coefficient (Wildman–Crippen LogP) is 2.75. The number of hydrogen-bond donors (Lipinski definition) is 1. The van der Waals surface area contributed by atoms with E-state index in [-0.39, 0.29) is 11.4 Å². The molecule has 0 amide bonds. The number of aromatic nitrogens is 1. The van der Waals surface area contributed by atoms with Gasteiger partial charge in [-0.25, -0.2) is 9.37 Å². The van der Waals surface area contributed by atoms with E-state index < -0.39 is 10.7 Å². The predicted molar refractivity (Wildman–Crippen MR) is 71.2 cm³/mol. The van der Waals surface area contributed by atoms with Gasteiger partial charge in [0.1, 0.15) is 11.5 Å². The Morgan fingerprint density at radius 1 is 1.40 bits per heavy atom. The topological polar surface area (TPSA) is 77.3 Å². The lowest BCUT2D eigenvalue weighted by atomic mass is 10.2. The molecule has 6 nitrogen and oxygen atoms in total. The summed E-state index contributed by atoms with van der Waals surface area (Å²) in [5, 5.41) is 13.7. The molecule has 0 fully saturated rings. The Labute approximate surface area is 114 Å². The van der Waals surface area contributed by atoms with E-state index in [2.05, 4.69) is 10.3 Å². The van der Waals surface area contributed by atoms with Gasteiger partial charge in [0.15, 0.2) is 0 Å². The Morgan fingerprint density at radius 2 is 2.20 bits per heavy atom. The summed E-state index contributed by atoms with van der Waals surface area (Å²) in [4.78, 5) is 14.3. The van der Waals surface area contributed by atoms with E-state index in [0.29, 0.717) is 12.4 Å². The maximum absolute atomic E-state index is 13.1. The number of ether oxygens (including phenoxy) is 1. The van der Waals surface area contributed by atoms with E-state index in [1.54, 1.807) is 18.3 Å². The molecule has 0 radical (unpaired) electrons. The fourth-order valence-corrected chi connectivity index (χ4v) is 1.64. The van der Waals surface area contributed by atoms with Gasteiger partial charge in [-0.15, -0.1) is 0 Å². The molecular formula is C13H12FN3O3. The number of halogens is 1. The molecule has 0 aliphatic carbocycles. The van der Waals surface area contributed by atoms with Crippen molar-refractivity contribution >= 4 is 11.4 Å². The Bertz CT molecular complexity index is 617. The SMILES string of the molecule is COc1ccc(CNc2cc(F)ccc2[N+](=O)[O-])cn1. The minimum Gasteiger partial charge on any atom is -0.481 e. The maximum Gasteiger partial charge on any atom is 0.292 e. The second-order valence-electron chi connectivity index (χ2n) is 3.98. The summed E-state index contributed by atoms with van der Waals surface area (Å²) in [6.45, 7) is 0.293. The van der Waals surface area contributed by atoms with Crippen LogP contribution < -0.4 is 10.1 Å². The molecule has 0 unspecified atom stereocenters. The lowest BCUT2D eigenvalue weighted by Crippen LogP contribution is -2.03. The van der Waals surface area contributed by atoms with Crippen LogP contribution in [-0.2, 0) is 6.54 Å². The first-order chi connectivity index (χ1) is 9.60. The minimum atomic E-state index is -0.561. The Hall–Kier alpha value is -2.70. The zero-order chi connectivity index (χ0) is 14.5. The van der Waals surface area contributed by atoms with E-state index >= 15 is 0 Å². The fraction of sp³-hybridized carbons (Fsp3) is 0.154. The van der Waals surface area contributed by atoms with Gasteiger partial charge in [0.25, 0.3) is 5.69 Å². The van der Waals surface area contributed by atoms with Crippen LogP contribution in [0.2, 0.25) is 0 Å². The molecule has 0 aliphatic rings. The monoisotopic (exact) mass is 277 g/mol. The highest BCUT2D eigenvalue weighted by Gasteiger charge is 2.14. The van der Waals surface area contributed by atoms with Crippen molar-refractivity contribution in [3.05, 3.63) is 58.0 Å². The third-order valence-electron chi connectivity index (χ3n) is 2.64. The van der Waals surface area contributed by atoms with Gasteiger partial charge in [-0.3, -0.25) is 10.1 Å². The van der Waals surface area contributed by atoms with Gasteiger partial charge >= 0.3 is 0 Å². The zero-order valence-electron chi connectivity index (χ0n) is 10.7. The van der Waals surface area contributed by atoms with Gasteiger partial charge < -0.3 is 10.1 Å². The molecule has 0 saturated heterocycles. The quantitative estimate of drug-likeness (QED) is 0.671. The van der Waals surface area contributed by atoms with Crippen LogP contribution in [0.3, 0.4) is 0 Å². The summed E-state index contributed by atoms with van der Waals surface area (Å²) in [6, 6.07) is 6.72. The maximum atomic E-state index is 13.1. The number of anilines is 1. The molecule has 0 bridgehead atoms. The molecule has 1 aromatic carbocycles. The standard InChI is InChI=1S/C13H12FN3O3/c1-20-13-5-2-9(8-16-13)7-15-11-6-10(14)3-4-12(11)17(18)19/h2-6,8,15H,7H2,1H3. The van der Waals surface area contributed by atoms with Gasteiger partial charge in [-0.2, -0.15) is 0 Å². The third kappa shape index (κ3) is 3.19. The van der Waals surface area contributed by atoms with E-state index in [0.717, 1.165) is 23.8 Å². The number of hydrogen-bond acceptors (Lipinski definition) is 5. The number of nitro groups is 1. The molecule has 2 aromatic rings. The summed E-state index contributed by atoms with van der Waals surface area (Å²) in [5.74, 6) is -0.0588. The number of pyridine rings is 1. The van der Waals surface area contributed by atoms with Gasteiger partial charge in [-0.1, -0.05) is 6.07 Å². The molecule has 1 heterocycles. The van der Waals surface area contributed by atoms with Crippen LogP contribution in [0.25, 0.3) is 0 Å². The number of methoxy groups -OCH3 is 1. The molecule has 0 spiro atoms. The van der Waals surface area contributed by atoms with E-state index in [1.807, 2.05) is 0 Å². The molecule has 2 rings (SSSR count). The summed E-state index contributed by atoms with van der Waals surface area (Å²) in [6.07, 6.45) is 1.58. The van der Waals surface area contributed by atoms with Crippen LogP contribution in [0, 0.1) is 15.9 Å². The number of nitrogens with zero attached hydrogens (tertiary/aromatic N) is 2. The Balaban J connectivity index is 2.13. The van der Waals surface area contributed by atoms with Crippen LogP contribution >= 0.6 is 0 Å². The van der Waals surface area contributed by atoms with E-state index in [9.17, 15) is 14.5 Å². The van der Waals surface area contributed by atoms with Gasteiger partial charge in [0, 0.05) is 30.9 Å². The Kier molecular flexibility index (Phi) is 4.09. The van der Waals surface area contributed by atoms with Gasteiger partial charge in [0.2, 0.25) is 5.88 Å². The smallest absolute Gasteiger partial charge is 0.292 e. The first-order valence-electron chi connectivity index (χ1n) is 5.77. The second-order valence-corrected chi connectivity index (χ2v) is 3.98. The van der Waals surface area contributed by atoms with E-state index in [4.69, 9.17) is 4.74 Å². The third-order valence-corrected chi connectivity index (χ3v) is 2.64. The van der Waals surface area contributed by atoms with Crippen LogP contribution in [0.1, 0.15) is 5.56 Å². The fourth-order valence-electron chi connectivity index (χ4n) is 1.64. The van der Waals surface area contributed by atoms with E-state index in [1.165, 1.54) is 7.11 Å². The summed E-state index contributed by atoms with van der Waals surface area (Å²) < 4.78 is 18.1. The molecular weight excluding hydrogens is 265 g/mol. The molecule has 7 heteroatoms. The average Bonchev–Trinajstić information content (AvgIpc) is 2.45. The normalized spacial score (nSPS) is 10.1. The van der Waals surface area contributed by atoms with Crippen molar-refractivity contribution in [2.75, 3.05) is 12.4 Å². The first kappa shape index (κ1) is 13.7. The average molecular weight is 277 g/mol. The first-order valence-corrected chi connectivity index (χ1v) is 5.77. The number of benzene rings is 1. The van der Waals surface area contributed by atoms with Crippen LogP contribution in [-0.4, -0.2) is 17.0 Å². The molecule has 104 valence electrons. The summed E-state index contributed by atoms with van der Waals surface area (Å²) in [5.41, 5.74) is 0.753. The van der Waals surface area contributed by atoms with Crippen molar-refractivity contribution in [2.24, 2.45) is 0 Å². The lowest BCUT2D eigenvalue weighted by molar-refractivity contribution is -0.384. The number of nitro benzene ring substituents is 1. The molecule has 20 heavy (non-hydrogen) atoms. The molecule has 1 N–H and O–H groups in total. The van der Waals surface area contributed by atoms with Crippen LogP contribution in [0.4, 0.5) is 15.8 Å². The van der Waals surface area contributed by atoms with Crippen molar-refractivity contribution in [3.8, 4) is 5.88 Å². The largest absolute Gasteiger partial charge is 0.481 e. The van der Waals surface area contributed by atoms with Crippen LogP contribution in [0.15, 0.2) is 36.5 Å². The van der Waals surface area contributed by atoms with Crippen molar-refractivity contribution in [1.29, 1.82) is 0 Å². The molecule has 1 aromatic heterocycles. The summed E-state index contributed by atoms with van der Waals surface area (Å²) in [7, 11) is 1.51. The van der Waals surface area contributed by atoms with Gasteiger partial charge in [-0.05, 0) is 11.6 Å². The van der Waals surface area contributed by atoms with Crippen molar-refractivity contribution in [3.63, 3.8) is 0 Å². The molecule has 0 aliphatic heterocycles. The highest BCUT2D eigenvalue weighted by molar-refractivity contribution is 5.61. The lowest BCUT2D eigenvalue weighted by Gasteiger charge is -2.07. The van der Waals surface area contributed by atoms with Crippen LogP contribution in [0.5, 0.6) is 5.88 Å². The highest BCUT2D eigenvalue weighted by Crippen LogP contribution is 2.25. The minimum absolute atomic E-state index is 0.130. The van der Waals surface area contributed by atoms with Crippen molar-refractivity contribution in [2.45, 2.75) is 6.54 Å². The van der Waals surface area contributed by atoms with Crippen molar-refractivity contribution in [1.82, 2.24) is 4.98 Å². The highest BCUT2D eigenvalue weighted by atomic mass is 19.1. The molecule has 0 atom stereocenters. The number of nitrogens with one attached hydrogen (secondary N) is 1. The summed E-state index contributed by atoms with van der Waals surface area (Å²) >= 11 is 0. The second kappa shape index (κ2) is 5.96. The molecule has 0 saturated carbocycles. The number of rotatable bonds is 5. The zero-order valence-corrected chi connectivity index (χ0v) is 10.7.